The number of ether oxygens (including phenoxy) is 1. The number of amides is 1. The fraction of sp³-hybridized carbons (Fsp3) is 0.533. The highest BCUT2D eigenvalue weighted by molar-refractivity contribution is 5.98. The average Bonchev–Trinajstić information content (AvgIpc) is 3.19. The van der Waals surface area contributed by atoms with Crippen LogP contribution in [-0.4, -0.2) is 19.6 Å². The van der Waals surface area contributed by atoms with Gasteiger partial charge in [-0.3, -0.25) is 4.79 Å². The van der Waals surface area contributed by atoms with Gasteiger partial charge in [-0.15, -0.1) is 0 Å². The Balaban J connectivity index is 2.22. The second kappa shape index (κ2) is 5.21. The highest BCUT2D eigenvalue weighted by Gasteiger charge is 2.48. The van der Waals surface area contributed by atoms with Crippen molar-refractivity contribution in [2.24, 2.45) is 11.1 Å². The molecule has 0 saturated heterocycles. The van der Waals surface area contributed by atoms with Gasteiger partial charge in [0.05, 0.1) is 18.2 Å². The summed E-state index contributed by atoms with van der Waals surface area (Å²) in [6.45, 7) is 4.65. The van der Waals surface area contributed by atoms with Gasteiger partial charge in [0.1, 0.15) is 5.75 Å². The average molecular weight is 262 g/mol. The van der Waals surface area contributed by atoms with Gasteiger partial charge in [-0.05, 0) is 36.5 Å². The maximum absolute atomic E-state index is 12.2. The zero-order valence-corrected chi connectivity index (χ0v) is 11.8. The van der Waals surface area contributed by atoms with Gasteiger partial charge in [0.15, 0.2) is 0 Å². The minimum absolute atomic E-state index is 0.00852. The summed E-state index contributed by atoms with van der Waals surface area (Å²) in [7, 11) is 1.61. The second-order valence-corrected chi connectivity index (χ2v) is 5.55. The number of methoxy groups -OCH3 is 1. The molecule has 1 aromatic carbocycles. The van der Waals surface area contributed by atoms with Gasteiger partial charge in [0.25, 0.3) is 0 Å². The lowest BCUT2D eigenvalue weighted by Gasteiger charge is -2.17. The molecule has 1 aliphatic rings. The lowest BCUT2D eigenvalue weighted by atomic mass is 10.0. The predicted octanol–water partition coefficient (Wildman–Crippen LogP) is 2.50. The molecule has 0 radical (unpaired) electrons. The number of hydrogen-bond donors (Lipinski definition) is 2. The molecule has 4 nitrogen and oxygen atoms in total. The van der Waals surface area contributed by atoms with Crippen LogP contribution in [0.1, 0.15) is 38.2 Å². The van der Waals surface area contributed by atoms with E-state index in [-0.39, 0.29) is 11.3 Å². The zero-order valence-electron chi connectivity index (χ0n) is 11.8. The first-order valence-corrected chi connectivity index (χ1v) is 6.72. The van der Waals surface area contributed by atoms with E-state index < -0.39 is 0 Å². The lowest BCUT2D eigenvalue weighted by Crippen LogP contribution is -2.31. The molecule has 0 unspecified atom stereocenters. The predicted molar refractivity (Wildman–Crippen MR) is 76.4 cm³/mol. The van der Waals surface area contributed by atoms with Crippen LogP contribution >= 0.6 is 0 Å². The van der Waals surface area contributed by atoms with Crippen molar-refractivity contribution in [2.45, 2.75) is 32.6 Å². The van der Waals surface area contributed by atoms with E-state index >= 15 is 0 Å². The van der Waals surface area contributed by atoms with Crippen LogP contribution in [0.4, 0.5) is 5.69 Å². The number of anilines is 1. The third-order valence-electron chi connectivity index (χ3n) is 3.86. The molecule has 0 heterocycles. The van der Waals surface area contributed by atoms with Crippen molar-refractivity contribution < 1.29 is 9.53 Å². The Hall–Kier alpha value is -1.55. The quantitative estimate of drug-likeness (QED) is 0.857. The van der Waals surface area contributed by atoms with Crippen LogP contribution in [0.2, 0.25) is 0 Å². The number of rotatable bonds is 5. The molecule has 4 heteroatoms. The number of nitrogens with two attached hydrogens (primary N) is 1. The van der Waals surface area contributed by atoms with Gasteiger partial charge in [-0.1, -0.05) is 19.9 Å². The normalized spacial score (nSPS) is 16.3. The van der Waals surface area contributed by atoms with Crippen LogP contribution < -0.4 is 15.8 Å². The van der Waals surface area contributed by atoms with Crippen molar-refractivity contribution in [3.63, 3.8) is 0 Å². The van der Waals surface area contributed by atoms with Gasteiger partial charge in [0, 0.05) is 6.54 Å². The standard InChI is InChI=1S/C15H22N2O2/c1-10(2)11-4-5-13(19-3)12(8-11)17-14(18)15(9-16)6-7-15/h4-5,8,10H,6-7,9,16H2,1-3H3,(H,17,18). The monoisotopic (exact) mass is 262 g/mol. The Morgan fingerprint density at radius 1 is 1.47 bits per heavy atom. The molecule has 3 N–H and O–H groups in total. The topological polar surface area (TPSA) is 64.3 Å². The molecule has 0 spiro atoms. The maximum Gasteiger partial charge on any atom is 0.231 e. The molecule has 1 aromatic rings. The highest BCUT2D eigenvalue weighted by atomic mass is 16.5. The van der Waals surface area contributed by atoms with Crippen molar-refractivity contribution in [3.8, 4) is 5.75 Å². The van der Waals surface area contributed by atoms with Gasteiger partial charge in [-0.25, -0.2) is 0 Å². The number of hydrogen-bond acceptors (Lipinski definition) is 3. The molecule has 104 valence electrons. The Morgan fingerprint density at radius 2 is 2.16 bits per heavy atom. The van der Waals surface area contributed by atoms with Crippen LogP contribution in [0, 0.1) is 5.41 Å². The first-order valence-electron chi connectivity index (χ1n) is 6.72. The molecule has 1 fully saturated rings. The van der Waals surface area contributed by atoms with Gasteiger partial charge in [0.2, 0.25) is 5.91 Å². The summed E-state index contributed by atoms with van der Waals surface area (Å²) in [5.74, 6) is 1.10. The molecular formula is C15H22N2O2. The first kappa shape index (κ1) is 13.9. The number of carbonyl (C=O) groups excluding carboxylic acids is 1. The minimum Gasteiger partial charge on any atom is -0.495 e. The summed E-state index contributed by atoms with van der Waals surface area (Å²) in [5.41, 5.74) is 7.24. The van der Waals surface area contributed by atoms with Crippen molar-refractivity contribution in [2.75, 3.05) is 19.0 Å². The largest absolute Gasteiger partial charge is 0.495 e. The van der Waals surface area contributed by atoms with E-state index in [1.54, 1.807) is 7.11 Å². The van der Waals surface area contributed by atoms with Crippen molar-refractivity contribution in [3.05, 3.63) is 23.8 Å². The zero-order chi connectivity index (χ0) is 14.0. The van der Waals surface area contributed by atoms with Crippen LogP contribution in [-0.2, 0) is 4.79 Å². The van der Waals surface area contributed by atoms with Gasteiger partial charge < -0.3 is 15.8 Å². The Bertz CT molecular complexity index is 479. The van der Waals surface area contributed by atoms with Gasteiger partial charge in [-0.2, -0.15) is 0 Å². The van der Waals surface area contributed by atoms with Crippen molar-refractivity contribution in [1.29, 1.82) is 0 Å². The van der Waals surface area contributed by atoms with E-state index in [0.717, 1.165) is 18.5 Å². The summed E-state index contributed by atoms with van der Waals surface area (Å²) in [6.07, 6.45) is 1.75. The molecule has 19 heavy (non-hydrogen) atoms. The van der Waals surface area contributed by atoms with Crippen LogP contribution in [0.5, 0.6) is 5.75 Å². The Labute approximate surface area is 114 Å². The third-order valence-corrected chi connectivity index (χ3v) is 3.86. The summed E-state index contributed by atoms with van der Waals surface area (Å²) in [6, 6.07) is 5.90. The highest BCUT2D eigenvalue weighted by Crippen LogP contribution is 2.46. The van der Waals surface area contributed by atoms with Crippen LogP contribution in [0.25, 0.3) is 0 Å². The molecule has 0 aliphatic heterocycles. The van der Waals surface area contributed by atoms with E-state index in [4.69, 9.17) is 10.5 Å². The van der Waals surface area contributed by atoms with E-state index in [1.165, 1.54) is 5.56 Å². The van der Waals surface area contributed by atoms with Crippen LogP contribution in [0.15, 0.2) is 18.2 Å². The molecule has 0 atom stereocenters. The molecule has 1 aliphatic carbocycles. The molecule has 1 saturated carbocycles. The smallest absolute Gasteiger partial charge is 0.231 e. The first-order chi connectivity index (χ1) is 9.02. The fourth-order valence-electron chi connectivity index (χ4n) is 2.11. The second-order valence-electron chi connectivity index (χ2n) is 5.55. The van der Waals surface area contributed by atoms with Crippen molar-refractivity contribution in [1.82, 2.24) is 0 Å². The summed E-state index contributed by atoms with van der Waals surface area (Å²) in [5, 5.41) is 2.97. The molecule has 0 bridgehead atoms. The molecular weight excluding hydrogens is 240 g/mol. The molecule has 1 amide bonds. The summed E-state index contributed by atoms with van der Waals surface area (Å²) >= 11 is 0. The Kier molecular flexibility index (Phi) is 3.80. The fourth-order valence-corrected chi connectivity index (χ4v) is 2.11. The maximum atomic E-state index is 12.2. The molecule has 2 rings (SSSR count). The van der Waals surface area contributed by atoms with E-state index in [1.807, 2.05) is 18.2 Å². The number of carbonyl (C=O) groups is 1. The summed E-state index contributed by atoms with van der Waals surface area (Å²) < 4.78 is 5.30. The Morgan fingerprint density at radius 3 is 2.63 bits per heavy atom. The molecule has 0 aromatic heterocycles. The number of benzene rings is 1. The van der Waals surface area contributed by atoms with Crippen LogP contribution in [0.3, 0.4) is 0 Å². The minimum atomic E-state index is -0.348. The lowest BCUT2D eigenvalue weighted by molar-refractivity contribution is -0.120. The van der Waals surface area contributed by atoms with E-state index in [9.17, 15) is 4.79 Å². The summed E-state index contributed by atoms with van der Waals surface area (Å²) in [4.78, 5) is 12.2. The van der Waals surface area contributed by atoms with E-state index in [0.29, 0.717) is 18.2 Å². The number of nitrogens with one attached hydrogen (secondary N) is 1. The SMILES string of the molecule is COc1ccc(C(C)C)cc1NC(=O)C1(CN)CC1. The van der Waals surface area contributed by atoms with E-state index in [2.05, 4.69) is 19.2 Å². The van der Waals surface area contributed by atoms with Crippen molar-refractivity contribution >= 4 is 11.6 Å². The van der Waals surface area contributed by atoms with Gasteiger partial charge >= 0.3 is 0 Å². The third kappa shape index (κ3) is 2.73.